The van der Waals surface area contributed by atoms with E-state index in [1.165, 1.54) is 69.5 Å². The number of rotatable bonds is 7. The summed E-state index contributed by atoms with van der Waals surface area (Å²) < 4.78 is 59.2. The molecular weight excluding hydrogens is 880 g/mol. The molecule has 0 amide bonds. The van der Waals surface area contributed by atoms with E-state index in [4.69, 9.17) is 10.5 Å². The molecule has 0 bridgehead atoms. The molecule has 0 spiro atoms. The van der Waals surface area contributed by atoms with Gasteiger partial charge in [0.25, 0.3) is 0 Å². The van der Waals surface area contributed by atoms with Gasteiger partial charge in [-0.05, 0) is 55.6 Å². The average Bonchev–Trinajstić information content (AvgIpc) is 3.47. The van der Waals surface area contributed by atoms with Gasteiger partial charge < -0.3 is 0 Å². The molecule has 12 heteroatoms. The number of hydrogen-bond acceptors (Lipinski definition) is 4. The average molecular weight is 923 g/mol. The second-order valence-electron chi connectivity index (χ2n) is 13.6. The number of nitrogens with zero attached hydrogens (tertiary/aromatic N) is 2. The predicted molar refractivity (Wildman–Crippen MR) is 228 cm³/mol. The molecule has 0 saturated carbocycles. The molecule has 60 heavy (non-hydrogen) atoms. The van der Waals surface area contributed by atoms with Gasteiger partial charge >= 0.3 is 52.5 Å². The minimum atomic E-state index is -10.7. The molecule has 8 rings (SSSR count). The number of nitriles is 2. The van der Waals surface area contributed by atoms with Crippen molar-refractivity contribution in [3.05, 3.63) is 213 Å². The van der Waals surface area contributed by atoms with E-state index in [0.717, 1.165) is 0 Å². The van der Waals surface area contributed by atoms with Crippen LogP contribution in [0.25, 0.3) is 24.3 Å². The van der Waals surface area contributed by atoms with E-state index in [9.17, 15) is 25.2 Å². The topological polar surface area (TPSA) is 71.6 Å². The van der Waals surface area contributed by atoms with Crippen molar-refractivity contribution in [3.8, 4) is 12.1 Å². The predicted octanol–water partition coefficient (Wildman–Crippen LogP) is 14.6. The van der Waals surface area contributed by atoms with Crippen molar-refractivity contribution < 1.29 is 44.7 Å². The first-order chi connectivity index (χ1) is 28.1. The summed E-state index contributed by atoms with van der Waals surface area (Å²) in [4.78, 5) is 0. The van der Waals surface area contributed by atoms with Crippen molar-refractivity contribution in [2.45, 2.75) is 38.0 Å². The minimum Gasteiger partial charge on any atom is 3.00 e. The van der Waals surface area contributed by atoms with Crippen LogP contribution in [0.2, 0.25) is 0 Å². The van der Waals surface area contributed by atoms with E-state index in [1.54, 1.807) is 12.1 Å². The molecule has 2 aliphatic rings. The van der Waals surface area contributed by atoms with Crippen LogP contribution in [0.4, 0.5) is 25.2 Å². The number of benzene rings is 6. The molecule has 0 aromatic heterocycles. The van der Waals surface area contributed by atoms with Gasteiger partial charge in [0.1, 0.15) is 0 Å². The van der Waals surface area contributed by atoms with Gasteiger partial charge in [0.05, 0.1) is 36.3 Å². The van der Waals surface area contributed by atoms with Crippen LogP contribution in [-0.4, -0.2) is 0 Å². The quantitative estimate of drug-likeness (QED) is 0.0951. The third kappa shape index (κ3) is 13.7. The number of halogens is 6. The summed E-state index contributed by atoms with van der Waals surface area (Å²) in [6, 6.07) is 60.4. The maximum Gasteiger partial charge on any atom is 3.00 e. The molecule has 308 valence electrons. The van der Waals surface area contributed by atoms with Crippen LogP contribution >= 0.6 is 7.81 Å². The van der Waals surface area contributed by atoms with Gasteiger partial charge in [-0.25, -0.2) is 0 Å². The van der Waals surface area contributed by atoms with Crippen LogP contribution in [0, 0.1) is 22.7 Å². The molecule has 0 unspecified atom stereocenters. The second-order valence-corrected chi connectivity index (χ2v) is 15.5. The van der Waals surface area contributed by atoms with Crippen LogP contribution in [0.1, 0.15) is 93.6 Å². The van der Waals surface area contributed by atoms with Gasteiger partial charge in [0.2, 0.25) is 0 Å². The largest absolute Gasteiger partial charge is 3.00 e. The Morgan fingerprint density at radius 3 is 0.850 bits per heavy atom. The maximum absolute atomic E-state index is 10.7. The zero-order valence-corrected chi connectivity index (χ0v) is 35.1. The SMILES string of the molecule is C1=Cc2ccccc2C(N[C@@H](c2ccccc2)[C@@H](NC2c3ccccc3C=Cc3ccccc32)c2ccccc2)c2ccccc21.CC#N.CC#N.F[P-](F)(F)(F)(F)F.[Rh+3]. The smallest absolute Gasteiger partial charge is 3.00 e. The summed E-state index contributed by atoms with van der Waals surface area (Å²) in [7, 11) is -10.7. The van der Waals surface area contributed by atoms with Crippen molar-refractivity contribution in [1.29, 1.82) is 10.5 Å². The number of nitrogens with one attached hydrogen (secondary N) is 2. The monoisotopic (exact) mass is 922 g/mol. The fraction of sp³-hybridized carbons (Fsp3) is 0.125. The van der Waals surface area contributed by atoms with Gasteiger partial charge in [-0.15, -0.1) is 0 Å². The number of hydrogen-bond donors (Lipinski definition) is 2. The maximum atomic E-state index is 9.87. The molecule has 2 atom stereocenters. The Hall–Kier alpha value is -5.67. The Morgan fingerprint density at radius 1 is 0.417 bits per heavy atom. The third-order valence-electron chi connectivity index (χ3n) is 9.46. The Kier molecular flexibility index (Phi) is 15.7. The van der Waals surface area contributed by atoms with Gasteiger partial charge in [-0.1, -0.05) is 182 Å². The van der Waals surface area contributed by atoms with E-state index in [-0.39, 0.29) is 43.6 Å². The Bertz CT molecular complexity index is 2210. The molecule has 0 heterocycles. The standard InChI is InChI=1S/C44H36N2.2C2H3N.F6P.Rh/c1-3-19-35(20-4-1)41(45-43-37-23-11-7-15-31(37)27-28-32-16-8-12-24-38(32)43)42(36-21-5-2-6-22-36)46-44-39-25-13-9-17-33(39)29-30-34-18-10-14-26-40(34)44;2*1-2-3;1-7(2,3,4,5)6;/h1-30,41-46H;2*1H3;;/q;;;-1;+3/t41-,42-;;;;/m0..../s1. The second kappa shape index (κ2) is 20.1. The minimum absolute atomic E-state index is 0. The summed E-state index contributed by atoms with van der Waals surface area (Å²) >= 11 is 0. The Labute approximate surface area is 359 Å². The van der Waals surface area contributed by atoms with E-state index in [0.29, 0.717) is 0 Å². The molecule has 6 aromatic rings. The van der Waals surface area contributed by atoms with Crippen LogP contribution in [0.15, 0.2) is 158 Å². The molecular formula is C48H42F6N4PRh+2. The molecule has 0 saturated heterocycles. The van der Waals surface area contributed by atoms with Gasteiger partial charge in [-0.3, -0.25) is 10.6 Å². The molecule has 6 aromatic carbocycles. The summed E-state index contributed by atoms with van der Waals surface area (Å²) in [6.07, 6.45) is 9.03. The summed E-state index contributed by atoms with van der Waals surface area (Å²) in [5.74, 6) is 0. The fourth-order valence-corrected chi connectivity index (χ4v) is 7.21. The zero-order chi connectivity index (χ0) is 42.5. The third-order valence-corrected chi connectivity index (χ3v) is 9.46. The van der Waals surface area contributed by atoms with Crippen molar-refractivity contribution in [2.75, 3.05) is 0 Å². The van der Waals surface area contributed by atoms with Crippen molar-refractivity contribution in [2.24, 2.45) is 0 Å². The summed E-state index contributed by atoms with van der Waals surface area (Å²) in [5.41, 5.74) is 12.6. The first-order valence-corrected chi connectivity index (χ1v) is 20.7. The van der Waals surface area contributed by atoms with Crippen molar-refractivity contribution in [3.63, 3.8) is 0 Å². The molecule has 0 aliphatic heterocycles. The van der Waals surface area contributed by atoms with Gasteiger partial charge in [0, 0.05) is 13.8 Å². The summed E-state index contributed by atoms with van der Waals surface area (Å²) in [6.45, 7) is 2.86. The van der Waals surface area contributed by atoms with Crippen molar-refractivity contribution >= 4 is 32.1 Å². The Balaban J connectivity index is 0.000000500. The van der Waals surface area contributed by atoms with Crippen LogP contribution in [0.5, 0.6) is 0 Å². The van der Waals surface area contributed by atoms with Gasteiger partial charge in [-0.2, -0.15) is 10.5 Å². The van der Waals surface area contributed by atoms with E-state index in [1.807, 2.05) is 0 Å². The fourth-order valence-electron chi connectivity index (χ4n) is 7.21. The zero-order valence-electron chi connectivity index (χ0n) is 32.6. The van der Waals surface area contributed by atoms with E-state index < -0.39 is 7.81 Å². The van der Waals surface area contributed by atoms with Crippen LogP contribution in [0.3, 0.4) is 0 Å². The first-order valence-electron chi connectivity index (χ1n) is 18.6. The van der Waals surface area contributed by atoms with E-state index in [2.05, 4.69) is 193 Å². The molecule has 0 fully saturated rings. The van der Waals surface area contributed by atoms with Crippen LogP contribution < -0.4 is 10.6 Å². The normalized spacial score (nSPS) is 14.5. The van der Waals surface area contributed by atoms with Crippen molar-refractivity contribution in [1.82, 2.24) is 10.6 Å². The molecule has 4 nitrogen and oxygen atoms in total. The first kappa shape index (κ1) is 47.0. The van der Waals surface area contributed by atoms with E-state index >= 15 is 0 Å². The molecule has 2 aliphatic carbocycles. The van der Waals surface area contributed by atoms with Crippen LogP contribution in [-0.2, 0) is 19.5 Å². The Morgan fingerprint density at radius 2 is 0.617 bits per heavy atom. The number of fused-ring (bicyclic) bond motifs is 4. The van der Waals surface area contributed by atoms with Gasteiger partial charge in [0.15, 0.2) is 0 Å². The summed E-state index contributed by atoms with van der Waals surface area (Å²) in [5, 5.41) is 23.2. The molecule has 0 radical (unpaired) electrons. The molecule has 2 N–H and O–H groups in total.